The molecule has 1 aliphatic rings. The fourth-order valence-corrected chi connectivity index (χ4v) is 5.89. The molecule has 0 bridgehead atoms. The van der Waals surface area contributed by atoms with E-state index in [4.69, 9.17) is 9.47 Å². The summed E-state index contributed by atoms with van der Waals surface area (Å²) in [5, 5.41) is 41.0. The van der Waals surface area contributed by atoms with E-state index < -0.39 is 30.4 Å². The molecule has 0 spiro atoms. The Bertz CT molecular complexity index is 810. The summed E-state index contributed by atoms with van der Waals surface area (Å²) >= 11 is 0. The van der Waals surface area contributed by atoms with Crippen LogP contribution in [0.1, 0.15) is 143 Å². The van der Waals surface area contributed by atoms with Crippen molar-refractivity contribution >= 4 is 11.9 Å². The molecule has 262 valence electrons. The highest BCUT2D eigenvalue weighted by atomic mass is 16.6. The summed E-state index contributed by atoms with van der Waals surface area (Å²) in [5.74, 6) is -0.519. The quantitative estimate of drug-likeness (QED) is 0.0431. The van der Waals surface area contributed by atoms with E-state index in [0.29, 0.717) is 19.3 Å². The van der Waals surface area contributed by atoms with Crippen LogP contribution in [0, 0.1) is 17.8 Å². The Labute approximate surface area is 273 Å². The van der Waals surface area contributed by atoms with Crippen LogP contribution in [0.25, 0.3) is 0 Å². The molecular formula is C37H66O8. The number of hydrogen-bond donors (Lipinski definition) is 4. The van der Waals surface area contributed by atoms with Gasteiger partial charge in [0.05, 0.1) is 24.7 Å². The average molecular weight is 639 g/mol. The number of allylic oxidation sites excluding steroid dienone is 1. The lowest BCUT2D eigenvalue weighted by Gasteiger charge is -2.19. The van der Waals surface area contributed by atoms with E-state index in [1.165, 1.54) is 51.4 Å². The zero-order chi connectivity index (χ0) is 33.3. The van der Waals surface area contributed by atoms with Crippen molar-refractivity contribution in [1.82, 2.24) is 0 Å². The molecule has 0 aliphatic heterocycles. The first-order valence-electron chi connectivity index (χ1n) is 18.0. The van der Waals surface area contributed by atoms with Gasteiger partial charge in [0.1, 0.15) is 19.3 Å². The van der Waals surface area contributed by atoms with Gasteiger partial charge in [-0.2, -0.15) is 0 Å². The first kappa shape index (κ1) is 41.3. The van der Waals surface area contributed by atoms with Crippen LogP contribution in [0.15, 0.2) is 24.3 Å². The summed E-state index contributed by atoms with van der Waals surface area (Å²) in [5.41, 5.74) is 0. The average Bonchev–Trinajstić information content (AvgIpc) is 3.27. The molecular weight excluding hydrogens is 572 g/mol. The largest absolute Gasteiger partial charge is 0.463 e. The van der Waals surface area contributed by atoms with Crippen molar-refractivity contribution in [3.63, 3.8) is 0 Å². The van der Waals surface area contributed by atoms with Crippen LogP contribution in [-0.4, -0.2) is 70.0 Å². The summed E-state index contributed by atoms with van der Waals surface area (Å²) in [4.78, 5) is 24.0. The van der Waals surface area contributed by atoms with Gasteiger partial charge in [-0.05, 0) is 31.1 Å². The zero-order valence-electron chi connectivity index (χ0n) is 28.6. The summed E-state index contributed by atoms with van der Waals surface area (Å²) in [6.07, 6.45) is 22.2. The molecule has 1 fully saturated rings. The molecule has 1 aliphatic carbocycles. The maximum absolute atomic E-state index is 12.1. The number of aliphatic hydroxyl groups is 4. The lowest BCUT2D eigenvalue weighted by molar-refractivity contribution is -0.151. The van der Waals surface area contributed by atoms with Gasteiger partial charge in [-0.25, -0.2) is 0 Å². The van der Waals surface area contributed by atoms with E-state index in [0.717, 1.165) is 44.4 Å². The zero-order valence-corrected chi connectivity index (χ0v) is 28.6. The number of rotatable bonds is 27. The molecule has 8 heteroatoms. The SMILES string of the molecule is CCCCC[C@@H](O)/C=C/[C@@H]1[C@H](C/C=C\CC(=O)OC[C@H](O)COC(=O)CCCCCCCCCCCCC(C)C)[C@@H](O)C[C@H]1O. The Morgan fingerprint density at radius 3 is 1.96 bits per heavy atom. The highest BCUT2D eigenvalue weighted by Crippen LogP contribution is 2.36. The molecule has 0 radical (unpaired) electrons. The third kappa shape index (κ3) is 21.6. The maximum Gasteiger partial charge on any atom is 0.309 e. The standard InChI is InChI=1S/C37H66O8/c1-4-5-14-20-30(38)24-25-33-32(34(40)26-35(33)41)21-17-18-23-37(43)45-28-31(39)27-44-36(42)22-16-13-11-9-7-6-8-10-12-15-19-29(2)3/h17-18,24-25,29-35,38-41H,4-16,19-23,26-28H2,1-3H3/b18-17-,25-24+/t30-,31-,32+,33-,34+,35-/m1/s1. The topological polar surface area (TPSA) is 134 Å². The Hall–Kier alpha value is -1.74. The van der Waals surface area contributed by atoms with Gasteiger partial charge in [0.2, 0.25) is 0 Å². The number of aliphatic hydroxyl groups excluding tert-OH is 4. The minimum absolute atomic E-state index is 0.00677. The molecule has 4 N–H and O–H groups in total. The van der Waals surface area contributed by atoms with E-state index in [1.807, 2.05) is 6.08 Å². The predicted molar refractivity (Wildman–Crippen MR) is 179 cm³/mol. The summed E-state index contributed by atoms with van der Waals surface area (Å²) in [6, 6.07) is 0. The molecule has 0 saturated heterocycles. The second-order valence-electron chi connectivity index (χ2n) is 13.5. The second-order valence-corrected chi connectivity index (χ2v) is 13.5. The minimum Gasteiger partial charge on any atom is -0.463 e. The van der Waals surface area contributed by atoms with Crippen molar-refractivity contribution in [1.29, 1.82) is 0 Å². The molecule has 0 amide bonds. The van der Waals surface area contributed by atoms with E-state index in [9.17, 15) is 30.0 Å². The number of unbranched alkanes of at least 4 members (excludes halogenated alkanes) is 11. The van der Waals surface area contributed by atoms with Crippen LogP contribution >= 0.6 is 0 Å². The lowest BCUT2D eigenvalue weighted by Crippen LogP contribution is -2.25. The van der Waals surface area contributed by atoms with Crippen LogP contribution in [0.4, 0.5) is 0 Å². The number of ether oxygens (including phenoxy) is 2. The molecule has 0 heterocycles. The predicted octanol–water partition coefficient (Wildman–Crippen LogP) is 6.96. The molecule has 45 heavy (non-hydrogen) atoms. The Morgan fingerprint density at radius 1 is 0.756 bits per heavy atom. The monoisotopic (exact) mass is 638 g/mol. The molecule has 6 atom stereocenters. The first-order valence-corrected chi connectivity index (χ1v) is 18.0. The number of carbonyl (C=O) groups excluding carboxylic acids is 2. The Balaban J connectivity index is 2.12. The molecule has 0 aromatic carbocycles. The lowest BCUT2D eigenvalue weighted by atomic mass is 9.89. The van der Waals surface area contributed by atoms with Gasteiger partial charge in [0.25, 0.3) is 0 Å². The van der Waals surface area contributed by atoms with Gasteiger partial charge in [-0.3, -0.25) is 9.59 Å². The number of hydrogen-bond acceptors (Lipinski definition) is 8. The summed E-state index contributed by atoms with van der Waals surface area (Å²) < 4.78 is 10.2. The van der Waals surface area contributed by atoms with E-state index in [1.54, 1.807) is 18.2 Å². The van der Waals surface area contributed by atoms with Gasteiger partial charge in [-0.1, -0.05) is 129 Å². The normalized spacial score (nSPS) is 21.6. The fourth-order valence-electron chi connectivity index (χ4n) is 5.89. The maximum atomic E-state index is 12.1. The highest BCUT2D eigenvalue weighted by Gasteiger charge is 2.39. The van der Waals surface area contributed by atoms with E-state index >= 15 is 0 Å². The van der Waals surface area contributed by atoms with Crippen LogP contribution in [0.5, 0.6) is 0 Å². The third-order valence-corrected chi connectivity index (χ3v) is 8.72. The van der Waals surface area contributed by atoms with Crippen molar-refractivity contribution in [3.8, 4) is 0 Å². The van der Waals surface area contributed by atoms with E-state index in [2.05, 4.69) is 20.8 Å². The Kier molecular flexibility index (Phi) is 24.2. The van der Waals surface area contributed by atoms with E-state index in [-0.39, 0.29) is 43.9 Å². The third-order valence-electron chi connectivity index (χ3n) is 8.72. The van der Waals surface area contributed by atoms with Gasteiger partial charge >= 0.3 is 11.9 Å². The number of carbonyl (C=O) groups is 2. The van der Waals surface area contributed by atoms with Gasteiger partial charge in [0.15, 0.2) is 0 Å². The molecule has 0 aromatic heterocycles. The number of esters is 2. The Morgan fingerprint density at radius 2 is 1.33 bits per heavy atom. The summed E-state index contributed by atoms with van der Waals surface area (Å²) in [7, 11) is 0. The van der Waals surface area contributed by atoms with Crippen molar-refractivity contribution < 1.29 is 39.5 Å². The second kappa shape index (κ2) is 26.3. The summed E-state index contributed by atoms with van der Waals surface area (Å²) in [6.45, 7) is 6.22. The molecule has 1 rings (SSSR count). The molecule has 8 nitrogen and oxygen atoms in total. The van der Waals surface area contributed by atoms with Crippen molar-refractivity contribution in [2.75, 3.05) is 13.2 Å². The van der Waals surface area contributed by atoms with Gasteiger partial charge < -0.3 is 29.9 Å². The van der Waals surface area contributed by atoms with Crippen LogP contribution in [-0.2, 0) is 19.1 Å². The smallest absolute Gasteiger partial charge is 0.309 e. The van der Waals surface area contributed by atoms with Crippen LogP contribution in [0.2, 0.25) is 0 Å². The first-order chi connectivity index (χ1) is 21.6. The minimum atomic E-state index is -1.08. The van der Waals surface area contributed by atoms with Crippen LogP contribution < -0.4 is 0 Å². The van der Waals surface area contributed by atoms with Crippen molar-refractivity contribution in [2.24, 2.45) is 17.8 Å². The molecule has 0 aromatic rings. The van der Waals surface area contributed by atoms with Crippen molar-refractivity contribution in [2.45, 2.75) is 167 Å². The van der Waals surface area contributed by atoms with Crippen molar-refractivity contribution in [3.05, 3.63) is 24.3 Å². The van der Waals surface area contributed by atoms with Gasteiger partial charge in [0, 0.05) is 18.8 Å². The van der Waals surface area contributed by atoms with Gasteiger partial charge in [-0.15, -0.1) is 0 Å². The van der Waals surface area contributed by atoms with Crippen LogP contribution in [0.3, 0.4) is 0 Å². The molecule has 1 saturated carbocycles. The highest BCUT2D eigenvalue weighted by molar-refractivity contribution is 5.71. The fraction of sp³-hybridized carbons (Fsp3) is 0.838. The molecule has 0 unspecified atom stereocenters.